The van der Waals surface area contributed by atoms with E-state index in [1.54, 1.807) is 0 Å². The summed E-state index contributed by atoms with van der Waals surface area (Å²) in [7, 11) is 0. The van der Waals surface area contributed by atoms with Crippen molar-refractivity contribution in [2.24, 2.45) is 0 Å². The van der Waals surface area contributed by atoms with Crippen LogP contribution in [0.3, 0.4) is 0 Å². The van der Waals surface area contributed by atoms with E-state index in [2.05, 4.69) is 16.9 Å². The molecular formula is C11H11ClN2. The highest BCUT2D eigenvalue weighted by molar-refractivity contribution is 6.30. The maximum Gasteiger partial charge on any atom is 0.106 e. The van der Waals surface area contributed by atoms with E-state index < -0.39 is 0 Å². The van der Waals surface area contributed by atoms with E-state index in [9.17, 15) is 0 Å². The van der Waals surface area contributed by atoms with Gasteiger partial charge in [0.25, 0.3) is 0 Å². The number of hydrogen-bond donors (Lipinski definition) is 1. The molecule has 1 heterocycles. The van der Waals surface area contributed by atoms with Crippen LogP contribution in [0.5, 0.6) is 0 Å². The number of aromatic nitrogens is 2. The molecule has 0 aliphatic carbocycles. The van der Waals surface area contributed by atoms with Crippen molar-refractivity contribution in [3.05, 3.63) is 41.3 Å². The van der Waals surface area contributed by atoms with Gasteiger partial charge in [-0.05, 0) is 12.1 Å². The fraction of sp³-hybridized carbons (Fsp3) is 0.182. The van der Waals surface area contributed by atoms with E-state index in [0.29, 0.717) is 0 Å². The van der Waals surface area contributed by atoms with Gasteiger partial charge in [-0.3, -0.25) is 0 Å². The highest BCUT2D eigenvalue weighted by atomic mass is 35.5. The van der Waals surface area contributed by atoms with Crippen molar-refractivity contribution in [3.63, 3.8) is 0 Å². The lowest BCUT2D eigenvalue weighted by Gasteiger charge is -1.97. The van der Waals surface area contributed by atoms with Crippen molar-refractivity contribution in [2.45, 2.75) is 13.3 Å². The zero-order chi connectivity index (χ0) is 9.97. The number of H-pyrrole nitrogens is 1. The first kappa shape index (κ1) is 9.28. The molecule has 2 nitrogen and oxygen atoms in total. The minimum Gasteiger partial charge on any atom is -0.342 e. The summed E-state index contributed by atoms with van der Waals surface area (Å²) in [5.41, 5.74) is 2.09. The molecule has 72 valence electrons. The smallest absolute Gasteiger partial charge is 0.106 e. The van der Waals surface area contributed by atoms with Crippen LogP contribution in [0.15, 0.2) is 30.5 Å². The lowest BCUT2D eigenvalue weighted by molar-refractivity contribution is 0.991. The zero-order valence-corrected chi connectivity index (χ0v) is 8.67. The second-order valence-corrected chi connectivity index (χ2v) is 3.54. The van der Waals surface area contributed by atoms with Gasteiger partial charge in [-0.25, -0.2) is 4.98 Å². The Kier molecular flexibility index (Phi) is 2.55. The van der Waals surface area contributed by atoms with Crippen molar-refractivity contribution >= 4 is 11.6 Å². The van der Waals surface area contributed by atoms with Crippen molar-refractivity contribution < 1.29 is 0 Å². The van der Waals surface area contributed by atoms with Gasteiger partial charge in [0.15, 0.2) is 0 Å². The Hall–Kier alpha value is -1.28. The third kappa shape index (κ3) is 1.80. The second kappa shape index (κ2) is 3.84. The molecule has 0 unspecified atom stereocenters. The van der Waals surface area contributed by atoms with Gasteiger partial charge in [0.05, 0.1) is 11.9 Å². The van der Waals surface area contributed by atoms with Crippen LogP contribution in [-0.4, -0.2) is 9.97 Å². The summed E-state index contributed by atoms with van der Waals surface area (Å²) in [5, 5.41) is 0.746. The summed E-state index contributed by atoms with van der Waals surface area (Å²) in [6.45, 7) is 2.07. The zero-order valence-electron chi connectivity index (χ0n) is 7.92. The minimum atomic E-state index is 0.746. The molecule has 0 bridgehead atoms. The monoisotopic (exact) mass is 206 g/mol. The van der Waals surface area contributed by atoms with Gasteiger partial charge in [-0.2, -0.15) is 0 Å². The largest absolute Gasteiger partial charge is 0.342 e. The molecule has 0 aliphatic rings. The molecule has 2 aromatic rings. The van der Waals surface area contributed by atoms with Gasteiger partial charge < -0.3 is 4.98 Å². The molecule has 0 aliphatic heterocycles. The van der Waals surface area contributed by atoms with Crippen LogP contribution in [0, 0.1) is 0 Å². The van der Waals surface area contributed by atoms with Crippen LogP contribution in [0.25, 0.3) is 11.3 Å². The van der Waals surface area contributed by atoms with Gasteiger partial charge in [-0.1, -0.05) is 30.7 Å². The molecule has 2 rings (SSSR count). The fourth-order valence-corrected chi connectivity index (χ4v) is 1.54. The van der Waals surface area contributed by atoms with Gasteiger partial charge in [-0.15, -0.1) is 0 Å². The van der Waals surface area contributed by atoms with Gasteiger partial charge in [0.2, 0.25) is 0 Å². The summed E-state index contributed by atoms with van der Waals surface area (Å²) in [5.74, 6) is 1.000. The maximum absolute atomic E-state index is 5.90. The number of hydrogen-bond acceptors (Lipinski definition) is 1. The number of aromatic amines is 1. The third-order valence-corrected chi connectivity index (χ3v) is 2.33. The molecular weight excluding hydrogens is 196 g/mol. The number of halogens is 1. The van der Waals surface area contributed by atoms with Crippen LogP contribution in [0.4, 0.5) is 0 Å². The lowest BCUT2D eigenvalue weighted by Crippen LogP contribution is -1.82. The maximum atomic E-state index is 5.90. The highest BCUT2D eigenvalue weighted by Gasteiger charge is 2.01. The molecule has 0 saturated heterocycles. The number of aryl methyl sites for hydroxylation is 1. The SMILES string of the molecule is CCc1ncc(-c2cccc(Cl)c2)[nH]1. The molecule has 1 N–H and O–H groups in total. The first-order chi connectivity index (χ1) is 6.79. The molecule has 0 spiro atoms. The number of benzene rings is 1. The number of rotatable bonds is 2. The van der Waals surface area contributed by atoms with E-state index in [-0.39, 0.29) is 0 Å². The van der Waals surface area contributed by atoms with E-state index >= 15 is 0 Å². The Morgan fingerprint density at radius 1 is 1.43 bits per heavy atom. The standard InChI is InChI=1S/C11H11ClN2/c1-2-11-13-7-10(14-11)8-4-3-5-9(12)6-8/h3-7H,2H2,1H3,(H,13,14). The Labute approximate surface area is 88.0 Å². The van der Waals surface area contributed by atoms with Crippen LogP contribution in [0.2, 0.25) is 5.02 Å². The van der Waals surface area contributed by atoms with Gasteiger partial charge in [0, 0.05) is 17.0 Å². The third-order valence-electron chi connectivity index (χ3n) is 2.10. The molecule has 3 heteroatoms. The van der Waals surface area contributed by atoms with E-state index in [0.717, 1.165) is 28.5 Å². The van der Waals surface area contributed by atoms with Crippen LogP contribution >= 0.6 is 11.6 Å². The van der Waals surface area contributed by atoms with Crippen LogP contribution < -0.4 is 0 Å². The molecule has 0 saturated carbocycles. The summed E-state index contributed by atoms with van der Waals surface area (Å²) in [6.07, 6.45) is 2.76. The van der Waals surface area contributed by atoms with Crippen molar-refractivity contribution in [3.8, 4) is 11.3 Å². The summed E-state index contributed by atoms with van der Waals surface area (Å²) >= 11 is 5.90. The number of imidazole rings is 1. The Balaban J connectivity index is 2.39. The highest BCUT2D eigenvalue weighted by Crippen LogP contribution is 2.20. The Morgan fingerprint density at radius 2 is 2.29 bits per heavy atom. The van der Waals surface area contributed by atoms with Crippen molar-refractivity contribution in [2.75, 3.05) is 0 Å². The topological polar surface area (TPSA) is 28.7 Å². The summed E-state index contributed by atoms with van der Waals surface area (Å²) in [4.78, 5) is 7.48. The van der Waals surface area contributed by atoms with Crippen molar-refractivity contribution in [1.29, 1.82) is 0 Å². The van der Waals surface area contributed by atoms with Gasteiger partial charge >= 0.3 is 0 Å². The molecule has 1 aromatic carbocycles. The predicted molar refractivity (Wildman–Crippen MR) is 58.4 cm³/mol. The molecule has 14 heavy (non-hydrogen) atoms. The van der Waals surface area contributed by atoms with Crippen molar-refractivity contribution in [1.82, 2.24) is 9.97 Å². The molecule has 0 atom stereocenters. The first-order valence-electron chi connectivity index (χ1n) is 4.59. The lowest BCUT2D eigenvalue weighted by atomic mass is 10.2. The van der Waals surface area contributed by atoms with Crippen LogP contribution in [0.1, 0.15) is 12.7 Å². The molecule has 0 radical (unpaired) electrons. The minimum absolute atomic E-state index is 0.746. The second-order valence-electron chi connectivity index (χ2n) is 3.11. The molecule has 0 amide bonds. The fourth-order valence-electron chi connectivity index (χ4n) is 1.34. The van der Waals surface area contributed by atoms with E-state index in [1.165, 1.54) is 0 Å². The Morgan fingerprint density at radius 3 is 2.93 bits per heavy atom. The average Bonchev–Trinajstić information content (AvgIpc) is 2.66. The molecule has 1 aromatic heterocycles. The quantitative estimate of drug-likeness (QED) is 0.803. The number of nitrogens with zero attached hydrogens (tertiary/aromatic N) is 1. The summed E-state index contributed by atoms with van der Waals surface area (Å²) < 4.78 is 0. The first-order valence-corrected chi connectivity index (χ1v) is 4.97. The Bertz CT molecular complexity index is 434. The van der Waals surface area contributed by atoms with Gasteiger partial charge in [0.1, 0.15) is 5.82 Å². The number of nitrogens with one attached hydrogen (secondary N) is 1. The summed E-state index contributed by atoms with van der Waals surface area (Å²) in [6, 6.07) is 7.74. The normalized spacial score (nSPS) is 10.4. The van der Waals surface area contributed by atoms with E-state index in [1.807, 2.05) is 30.5 Å². The predicted octanol–water partition coefficient (Wildman–Crippen LogP) is 3.29. The van der Waals surface area contributed by atoms with E-state index in [4.69, 9.17) is 11.6 Å². The van der Waals surface area contributed by atoms with Crippen LogP contribution in [-0.2, 0) is 6.42 Å². The molecule has 0 fully saturated rings. The average molecular weight is 207 g/mol.